The van der Waals surface area contributed by atoms with Crippen molar-refractivity contribution in [2.45, 2.75) is 60.0 Å². The van der Waals surface area contributed by atoms with Gasteiger partial charge in [-0.2, -0.15) is 0 Å². The van der Waals surface area contributed by atoms with Crippen molar-refractivity contribution in [2.24, 2.45) is 0 Å². The summed E-state index contributed by atoms with van der Waals surface area (Å²) in [7, 11) is 0. The number of aryl methyl sites for hydroxylation is 2. The van der Waals surface area contributed by atoms with E-state index in [9.17, 15) is 19.2 Å². The van der Waals surface area contributed by atoms with Gasteiger partial charge in [-0.1, -0.05) is 42.9 Å². The quantitative estimate of drug-likeness (QED) is 0.114. The molecule has 0 aliphatic carbocycles. The number of aromatic nitrogens is 10. The maximum Gasteiger partial charge on any atom is 0.361 e. The minimum Gasteiger partial charge on any atom is -0.461 e. The Balaban J connectivity index is 1.72. The zero-order chi connectivity index (χ0) is 35.9. The summed E-state index contributed by atoms with van der Waals surface area (Å²) >= 11 is 3.78. The van der Waals surface area contributed by atoms with Gasteiger partial charge in [0.2, 0.25) is 11.4 Å². The second-order valence-corrected chi connectivity index (χ2v) is 13.7. The van der Waals surface area contributed by atoms with E-state index < -0.39 is 23.9 Å². The number of carbonyl (C=O) groups is 4. The van der Waals surface area contributed by atoms with Crippen LogP contribution in [-0.4, -0.2) is 99.5 Å². The van der Waals surface area contributed by atoms with Crippen molar-refractivity contribution in [2.75, 3.05) is 26.4 Å². The summed E-state index contributed by atoms with van der Waals surface area (Å²) in [6.45, 7) is 10.7. The number of hydrogen-bond donors (Lipinski definition) is 0. The molecule has 0 atom stereocenters. The van der Waals surface area contributed by atoms with Gasteiger partial charge in [-0.25, -0.2) is 28.5 Å². The molecule has 0 radical (unpaired) electrons. The van der Waals surface area contributed by atoms with Crippen LogP contribution in [0.2, 0.25) is 0 Å². The maximum atomic E-state index is 13.1. The monoisotopic (exact) mass is 760 g/mol. The Morgan fingerprint density at radius 2 is 0.920 bits per heavy atom. The van der Waals surface area contributed by atoms with Gasteiger partial charge in [0.1, 0.15) is 18.5 Å². The molecule has 0 saturated heterocycles. The van der Waals surface area contributed by atoms with E-state index in [2.05, 4.69) is 39.8 Å². The summed E-state index contributed by atoms with van der Waals surface area (Å²) in [6.07, 6.45) is 0. The van der Waals surface area contributed by atoms with Crippen LogP contribution in [-0.2, 0) is 18.9 Å². The van der Waals surface area contributed by atoms with E-state index in [0.717, 1.165) is 57.7 Å². The first-order chi connectivity index (χ1) is 24.1. The second kappa shape index (κ2) is 16.3. The fourth-order valence-electron chi connectivity index (χ4n) is 4.15. The zero-order valence-electron chi connectivity index (χ0n) is 27.4. The average molecular weight is 761 g/mol. The van der Waals surface area contributed by atoms with Crippen LogP contribution >= 0.6 is 46.6 Å². The standard InChI is InChI=1S/C28H28N10O8S4/c1-7-43-23(39)17-21(47-27-19(31-35-49-27)25(41)45-9-3)37(33-29-17)15-11-13(5)14(6)12-16(15)38-22(18(30-34-38)24(40)44-8-2)48-28-20(32-36-50-28)26(42)46-10-4/h11-12H,7-10H2,1-6H3. The van der Waals surface area contributed by atoms with Crippen molar-refractivity contribution in [3.63, 3.8) is 0 Å². The molecule has 0 aliphatic heterocycles. The van der Waals surface area contributed by atoms with Gasteiger partial charge in [-0.05, 0) is 87.9 Å². The molecule has 18 nitrogen and oxygen atoms in total. The molecule has 50 heavy (non-hydrogen) atoms. The Labute approximate surface area is 300 Å². The lowest BCUT2D eigenvalue weighted by Crippen LogP contribution is -2.12. The van der Waals surface area contributed by atoms with Crippen LogP contribution in [0.1, 0.15) is 80.8 Å². The molecular formula is C28H28N10O8S4. The van der Waals surface area contributed by atoms with Crippen LogP contribution in [0.5, 0.6) is 0 Å². The largest absolute Gasteiger partial charge is 0.461 e. The molecule has 0 unspecified atom stereocenters. The number of hydrogen-bond acceptors (Lipinski definition) is 20. The van der Waals surface area contributed by atoms with Gasteiger partial charge in [-0.15, -0.1) is 20.4 Å². The van der Waals surface area contributed by atoms with Gasteiger partial charge in [0.05, 0.1) is 37.8 Å². The normalized spacial score (nSPS) is 11.0. The molecule has 5 aromatic rings. The molecule has 0 bridgehead atoms. The van der Waals surface area contributed by atoms with Crippen molar-refractivity contribution in [3.8, 4) is 11.4 Å². The molecule has 0 fully saturated rings. The van der Waals surface area contributed by atoms with Gasteiger partial charge < -0.3 is 18.9 Å². The van der Waals surface area contributed by atoms with Crippen LogP contribution in [0.25, 0.3) is 11.4 Å². The summed E-state index contributed by atoms with van der Waals surface area (Å²) in [5, 5.41) is 25.1. The van der Waals surface area contributed by atoms with Crippen molar-refractivity contribution in [3.05, 3.63) is 46.0 Å². The van der Waals surface area contributed by atoms with E-state index in [4.69, 9.17) is 18.9 Å². The Kier molecular flexibility index (Phi) is 11.9. The molecule has 0 aliphatic rings. The molecule has 4 aromatic heterocycles. The minimum absolute atomic E-state index is 0.0469. The van der Waals surface area contributed by atoms with E-state index in [1.54, 1.807) is 39.8 Å². The number of nitrogens with zero attached hydrogens (tertiary/aromatic N) is 10. The lowest BCUT2D eigenvalue weighted by molar-refractivity contribution is 0.0505. The van der Waals surface area contributed by atoms with Gasteiger partial charge in [-0.3, -0.25) is 0 Å². The Morgan fingerprint density at radius 1 is 0.580 bits per heavy atom. The van der Waals surface area contributed by atoms with Crippen LogP contribution < -0.4 is 0 Å². The van der Waals surface area contributed by atoms with Crippen molar-refractivity contribution < 1.29 is 38.1 Å². The first-order valence-electron chi connectivity index (χ1n) is 14.8. The fourth-order valence-corrected chi connectivity index (χ4v) is 7.61. The molecule has 262 valence electrons. The van der Waals surface area contributed by atoms with Crippen molar-refractivity contribution in [1.82, 2.24) is 49.2 Å². The third-order valence-corrected chi connectivity index (χ3v) is 10.3. The SMILES string of the molecule is CCOC(=O)c1nnsc1Sc1c(C(=O)OCC)nnn1-c1cc(C)c(C)cc1-n1nnc(C(=O)OCC)c1Sc1snnc1C(=O)OCC. The highest BCUT2D eigenvalue weighted by Crippen LogP contribution is 2.40. The molecule has 0 amide bonds. The topological polar surface area (TPSA) is 218 Å². The van der Waals surface area contributed by atoms with Crippen LogP contribution in [0.3, 0.4) is 0 Å². The third-order valence-electron chi connectivity index (χ3n) is 6.48. The smallest absolute Gasteiger partial charge is 0.361 e. The van der Waals surface area contributed by atoms with Crippen LogP contribution in [0.4, 0.5) is 0 Å². The molecule has 22 heteroatoms. The number of benzene rings is 1. The lowest BCUT2D eigenvalue weighted by Gasteiger charge is -2.16. The van der Waals surface area contributed by atoms with E-state index in [1.807, 2.05) is 13.8 Å². The van der Waals surface area contributed by atoms with E-state index >= 15 is 0 Å². The summed E-state index contributed by atoms with van der Waals surface area (Å²) in [5.74, 6) is -2.90. The molecule has 0 spiro atoms. The number of rotatable bonds is 14. The first kappa shape index (κ1) is 36.5. The zero-order valence-corrected chi connectivity index (χ0v) is 30.6. The first-order valence-corrected chi connectivity index (χ1v) is 18.0. The van der Waals surface area contributed by atoms with Crippen LogP contribution in [0, 0.1) is 13.8 Å². The fraction of sp³-hybridized carbons (Fsp3) is 0.357. The van der Waals surface area contributed by atoms with E-state index in [0.29, 0.717) is 19.8 Å². The highest BCUT2D eigenvalue weighted by molar-refractivity contribution is 8.01. The van der Waals surface area contributed by atoms with Crippen molar-refractivity contribution in [1.29, 1.82) is 0 Å². The average Bonchev–Trinajstić information content (AvgIpc) is 3.90. The Bertz CT molecular complexity index is 1910. The second-order valence-electron chi connectivity index (χ2n) is 9.64. The number of carbonyl (C=O) groups excluding carboxylic acids is 4. The van der Waals surface area contributed by atoms with Crippen LogP contribution in [0.15, 0.2) is 30.6 Å². The molecule has 1 aromatic carbocycles. The summed E-state index contributed by atoms with van der Waals surface area (Å²) < 4.78 is 32.0. The predicted octanol–water partition coefficient (Wildman–Crippen LogP) is 4.18. The maximum absolute atomic E-state index is 13.1. The lowest BCUT2D eigenvalue weighted by atomic mass is 10.1. The molecule has 0 saturated carbocycles. The summed E-state index contributed by atoms with van der Waals surface area (Å²) in [5.41, 5.74) is 1.99. The Hall–Kier alpha value is -4.80. The van der Waals surface area contributed by atoms with E-state index in [1.165, 1.54) is 9.36 Å². The minimum atomic E-state index is -0.757. The highest BCUT2D eigenvalue weighted by atomic mass is 32.2. The molecule has 5 rings (SSSR count). The highest BCUT2D eigenvalue weighted by Gasteiger charge is 2.31. The predicted molar refractivity (Wildman–Crippen MR) is 178 cm³/mol. The molecule has 0 N–H and O–H groups in total. The van der Waals surface area contributed by atoms with Gasteiger partial charge in [0.15, 0.2) is 11.4 Å². The third kappa shape index (κ3) is 7.51. The van der Waals surface area contributed by atoms with E-state index in [-0.39, 0.29) is 59.3 Å². The van der Waals surface area contributed by atoms with Gasteiger partial charge in [0, 0.05) is 0 Å². The summed E-state index contributed by atoms with van der Waals surface area (Å²) in [6, 6.07) is 3.57. The van der Waals surface area contributed by atoms with Gasteiger partial charge in [0.25, 0.3) is 0 Å². The van der Waals surface area contributed by atoms with Gasteiger partial charge >= 0.3 is 23.9 Å². The number of ether oxygens (including phenoxy) is 4. The summed E-state index contributed by atoms with van der Waals surface area (Å²) in [4.78, 5) is 51.6. The Morgan fingerprint density at radius 3 is 1.26 bits per heavy atom. The molecular weight excluding hydrogens is 733 g/mol. The molecule has 4 heterocycles. The number of esters is 4. The van der Waals surface area contributed by atoms with Crippen molar-refractivity contribution >= 4 is 70.5 Å².